The van der Waals surface area contributed by atoms with E-state index in [4.69, 9.17) is 13.9 Å². The lowest BCUT2D eigenvalue weighted by molar-refractivity contribution is 0.0698. The molecule has 1 amide bonds. The van der Waals surface area contributed by atoms with Gasteiger partial charge in [-0.15, -0.1) is 10.2 Å². The number of piperidine rings is 1. The van der Waals surface area contributed by atoms with Crippen LogP contribution in [0.25, 0.3) is 11.5 Å². The molecule has 1 aromatic heterocycles. The van der Waals surface area contributed by atoms with E-state index in [2.05, 4.69) is 10.2 Å². The van der Waals surface area contributed by atoms with Crippen molar-refractivity contribution in [3.8, 4) is 23.0 Å². The summed E-state index contributed by atoms with van der Waals surface area (Å²) in [5.41, 5.74) is 1.46. The number of rotatable bonds is 5. The normalized spacial score (nSPS) is 16.5. The monoisotopic (exact) mass is 393 g/mol. The minimum Gasteiger partial charge on any atom is -0.497 e. The number of aromatic nitrogens is 2. The van der Waals surface area contributed by atoms with Crippen LogP contribution in [0.3, 0.4) is 0 Å². The number of amides is 1. The van der Waals surface area contributed by atoms with E-state index in [0.29, 0.717) is 23.9 Å². The Labute approximate surface area is 169 Å². The highest BCUT2D eigenvalue weighted by Gasteiger charge is 2.29. The summed E-state index contributed by atoms with van der Waals surface area (Å²) in [7, 11) is 3.23. The number of benzene rings is 2. The summed E-state index contributed by atoms with van der Waals surface area (Å²) < 4.78 is 16.4. The molecule has 0 saturated carbocycles. The lowest BCUT2D eigenvalue weighted by Gasteiger charge is -2.31. The Morgan fingerprint density at radius 1 is 1.07 bits per heavy atom. The van der Waals surface area contributed by atoms with Gasteiger partial charge < -0.3 is 18.8 Å². The van der Waals surface area contributed by atoms with Crippen molar-refractivity contribution in [2.75, 3.05) is 27.3 Å². The molecule has 1 aliphatic rings. The third kappa shape index (κ3) is 4.08. The number of nitrogens with zero attached hydrogens (tertiary/aromatic N) is 3. The van der Waals surface area contributed by atoms with Crippen LogP contribution >= 0.6 is 0 Å². The first-order chi connectivity index (χ1) is 14.2. The minimum atomic E-state index is 0.00453. The predicted octanol–water partition coefficient (Wildman–Crippen LogP) is 3.77. The summed E-state index contributed by atoms with van der Waals surface area (Å²) in [5.74, 6) is 2.51. The molecule has 1 fully saturated rings. The molecule has 0 N–H and O–H groups in total. The van der Waals surface area contributed by atoms with Crippen molar-refractivity contribution in [1.82, 2.24) is 15.1 Å². The Morgan fingerprint density at radius 2 is 1.86 bits per heavy atom. The first kappa shape index (κ1) is 19.0. The quantitative estimate of drug-likeness (QED) is 0.657. The number of hydrogen-bond acceptors (Lipinski definition) is 6. The molecule has 0 unspecified atom stereocenters. The van der Waals surface area contributed by atoms with Gasteiger partial charge in [0.1, 0.15) is 11.5 Å². The average Bonchev–Trinajstić information content (AvgIpc) is 3.29. The van der Waals surface area contributed by atoms with Crippen LogP contribution in [-0.4, -0.2) is 48.3 Å². The van der Waals surface area contributed by atoms with E-state index >= 15 is 0 Å². The zero-order valence-electron chi connectivity index (χ0n) is 16.5. The Bertz CT molecular complexity index is 984. The van der Waals surface area contributed by atoms with Gasteiger partial charge in [0.25, 0.3) is 5.91 Å². The molecular formula is C22H23N3O4. The zero-order valence-corrected chi connectivity index (χ0v) is 16.5. The molecule has 0 spiro atoms. The fourth-order valence-corrected chi connectivity index (χ4v) is 3.55. The summed E-state index contributed by atoms with van der Waals surface area (Å²) in [6.45, 7) is 1.28. The SMILES string of the molecule is COc1ccc(C(=O)N2CCC[C@@H](c3nnc(-c4cccc(OC)c4)o3)C2)cc1. The number of methoxy groups -OCH3 is 2. The molecule has 3 aromatic rings. The second kappa shape index (κ2) is 8.34. The smallest absolute Gasteiger partial charge is 0.253 e. The van der Waals surface area contributed by atoms with Crippen molar-refractivity contribution in [3.05, 3.63) is 60.0 Å². The fraction of sp³-hybridized carbons (Fsp3) is 0.318. The van der Waals surface area contributed by atoms with Crippen LogP contribution in [0, 0.1) is 0 Å². The van der Waals surface area contributed by atoms with Crippen molar-refractivity contribution in [2.45, 2.75) is 18.8 Å². The van der Waals surface area contributed by atoms with Crippen molar-refractivity contribution in [2.24, 2.45) is 0 Å². The molecule has 0 aliphatic carbocycles. The van der Waals surface area contributed by atoms with E-state index in [1.54, 1.807) is 38.5 Å². The van der Waals surface area contributed by atoms with Gasteiger partial charge in [0, 0.05) is 24.2 Å². The molecular weight excluding hydrogens is 370 g/mol. The van der Waals surface area contributed by atoms with Gasteiger partial charge in [0.2, 0.25) is 11.8 Å². The van der Waals surface area contributed by atoms with Gasteiger partial charge in [-0.3, -0.25) is 4.79 Å². The number of carbonyl (C=O) groups is 1. The van der Waals surface area contributed by atoms with Gasteiger partial charge in [-0.05, 0) is 55.3 Å². The Balaban J connectivity index is 1.48. The van der Waals surface area contributed by atoms with Crippen LogP contribution < -0.4 is 9.47 Å². The van der Waals surface area contributed by atoms with Gasteiger partial charge in [0.15, 0.2) is 0 Å². The van der Waals surface area contributed by atoms with Crippen LogP contribution in [0.2, 0.25) is 0 Å². The summed E-state index contributed by atoms with van der Waals surface area (Å²) in [6, 6.07) is 14.7. The molecule has 7 nitrogen and oxygen atoms in total. The summed E-state index contributed by atoms with van der Waals surface area (Å²) in [5, 5.41) is 8.44. The molecule has 1 saturated heterocycles. The van der Waals surface area contributed by atoms with Crippen LogP contribution in [0.5, 0.6) is 11.5 Å². The topological polar surface area (TPSA) is 77.7 Å². The third-order valence-corrected chi connectivity index (χ3v) is 5.15. The highest BCUT2D eigenvalue weighted by atomic mass is 16.5. The van der Waals surface area contributed by atoms with E-state index in [1.807, 2.05) is 29.2 Å². The van der Waals surface area contributed by atoms with Crippen molar-refractivity contribution in [3.63, 3.8) is 0 Å². The molecule has 4 rings (SSSR count). The standard InChI is InChI=1S/C22H23N3O4/c1-27-18-10-8-15(9-11-18)22(26)25-12-4-6-17(14-25)21-24-23-20(29-21)16-5-3-7-19(13-16)28-2/h3,5,7-11,13,17H,4,6,12,14H2,1-2H3/t17-/m1/s1. The molecule has 0 bridgehead atoms. The van der Waals surface area contributed by atoms with Crippen molar-refractivity contribution >= 4 is 5.91 Å². The van der Waals surface area contributed by atoms with Gasteiger partial charge in [-0.1, -0.05) is 6.07 Å². The molecule has 1 aliphatic heterocycles. The molecule has 29 heavy (non-hydrogen) atoms. The first-order valence-electron chi connectivity index (χ1n) is 9.59. The molecule has 2 aromatic carbocycles. The number of ether oxygens (including phenoxy) is 2. The maximum atomic E-state index is 12.9. The molecule has 2 heterocycles. The molecule has 1 atom stereocenters. The van der Waals surface area contributed by atoms with E-state index in [9.17, 15) is 4.79 Å². The lowest BCUT2D eigenvalue weighted by Crippen LogP contribution is -2.39. The average molecular weight is 393 g/mol. The highest BCUT2D eigenvalue weighted by molar-refractivity contribution is 5.94. The van der Waals surface area contributed by atoms with Crippen molar-refractivity contribution in [1.29, 1.82) is 0 Å². The van der Waals surface area contributed by atoms with Gasteiger partial charge in [-0.25, -0.2) is 0 Å². The van der Waals surface area contributed by atoms with Crippen molar-refractivity contribution < 1.29 is 18.7 Å². The lowest BCUT2D eigenvalue weighted by atomic mass is 9.97. The number of likely N-dealkylation sites (tertiary alicyclic amines) is 1. The number of carbonyl (C=O) groups excluding carboxylic acids is 1. The second-order valence-corrected chi connectivity index (χ2v) is 7.00. The van der Waals surface area contributed by atoms with E-state index in [-0.39, 0.29) is 11.8 Å². The Morgan fingerprint density at radius 3 is 2.62 bits per heavy atom. The summed E-state index contributed by atoms with van der Waals surface area (Å²) >= 11 is 0. The minimum absolute atomic E-state index is 0.00453. The third-order valence-electron chi connectivity index (χ3n) is 5.15. The van der Waals surface area contributed by atoms with E-state index < -0.39 is 0 Å². The van der Waals surface area contributed by atoms with Crippen LogP contribution in [-0.2, 0) is 0 Å². The first-order valence-corrected chi connectivity index (χ1v) is 9.59. The second-order valence-electron chi connectivity index (χ2n) is 7.00. The zero-order chi connectivity index (χ0) is 20.2. The highest BCUT2D eigenvalue weighted by Crippen LogP contribution is 2.30. The largest absolute Gasteiger partial charge is 0.497 e. The molecule has 150 valence electrons. The van der Waals surface area contributed by atoms with Gasteiger partial charge in [0.05, 0.1) is 20.1 Å². The Hall–Kier alpha value is -3.35. The predicted molar refractivity (Wildman–Crippen MR) is 107 cm³/mol. The summed E-state index contributed by atoms with van der Waals surface area (Å²) in [6.07, 6.45) is 1.80. The van der Waals surface area contributed by atoms with Crippen LogP contribution in [0.4, 0.5) is 0 Å². The Kier molecular flexibility index (Phi) is 5.46. The molecule has 7 heteroatoms. The maximum Gasteiger partial charge on any atom is 0.253 e. The van der Waals surface area contributed by atoms with Gasteiger partial charge >= 0.3 is 0 Å². The fourth-order valence-electron chi connectivity index (χ4n) is 3.55. The maximum absolute atomic E-state index is 12.9. The van der Waals surface area contributed by atoms with Crippen LogP contribution in [0.1, 0.15) is 35.0 Å². The van der Waals surface area contributed by atoms with E-state index in [1.165, 1.54) is 0 Å². The molecule has 0 radical (unpaired) electrons. The number of hydrogen-bond donors (Lipinski definition) is 0. The van der Waals surface area contributed by atoms with Gasteiger partial charge in [-0.2, -0.15) is 0 Å². The van der Waals surface area contributed by atoms with Crippen LogP contribution in [0.15, 0.2) is 52.9 Å². The van der Waals surface area contributed by atoms with E-state index in [0.717, 1.165) is 36.4 Å². The summed E-state index contributed by atoms with van der Waals surface area (Å²) in [4.78, 5) is 14.7.